The van der Waals surface area contributed by atoms with Gasteiger partial charge in [0.1, 0.15) is 6.10 Å². The average Bonchev–Trinajstić information content (AvgIpc) is 2.77. The number of methoxy groups -OCH3 is 1. The van der Waals surface area contributed by atoms with Gasteiger partial charge in [0.05, 0.1) is 25.4 Å². The second-order valence-electron chi connectivity index (χ2n) is 6.28. The van der Waals surface area contributed by atoms with Crippen LogP contribution in [0, 0.1) is 0 Å². The first-order valence-corrected chi connectivity index (χ1v) is 8.94. The van der Waals surface area contributed by atoms with Crippen LogP contribution in [0.4, 0.5) is 0 Å². The highest BCUT2D eigenvalue weighted by Gasteiger charge is 2.40. The standard InChI is InChI=1S/C21H22O7/c1-25-20(24)18(28-19(23)14-8-4-2-5-9-14)17(22)16-12-13-26-21(27-16)15-10-6-3-7-11-15/h2-11,16-18,21-22H,12-13H2,1H3/t16-,17+,18-,21-/m1/s1. The van der Waals surface area contributed by atoms with Gasteiger partial charge in [-0.3, -0.25) is 0 Å². The predicted molar refractivity (Wildman–Crippen MR) is 98.3 cm³/mol. The highest BCUT2D eigenvalue weighted by atomic mass is 16.7. The van der Waals surface area contributed by atoms with E-state index in [1.165, 1.54) is 0 Å². The summed E-state index contributed by atoms with van der Waals surface area (Å²) in [5.74, 6) is -1.59. The van der Waals surface area contributed by atoms with Crippen molar-refractivity contribution in [1.82, 2.24) is 0 Å². The molecule has 1 heterocycles. The number of carbonyl (C=O) groups excluding carboxylic acids is 2. The molecule has 0 amide bonds. The Labute approximate surface area is 162 Å². The van der Waals surface area contributed by atoms with Crippen LogP contribution in [0.3, 0.4) is 0 Å². The summed E-state index contributed by atoms with van der Waals surface area (Å²) >= 11 is 0. The van der Waals surface area contributed by atoms with Gasteiger partial charge in [-0.2, -0.15) is 0 Å². The number of aliphatic hydroxyl groups is 1. The van der Waals surface area contributed by atoms with Crippen molar-refractivity contribution in [3.63, 3.8) is 0 Å². The summed E-state index contributed by atoms with van der Waals surface area (Å²) in [5, 5.41) is 10.7. The van der Waals surface area contributed by atoms with Gasteiger partial charge in [0.15, 0.2) is 6.29 Å². The fraction of sp³-hybridized carbons (Fsp3) is 0.333. The highest BCUT2D eigenvalue weighted by Crippen LogP contribution is 2.29. The number of hydrogen-bond acceptors (Lipinski definition) is 7. The van der Waals surface area contributed by atoms with Crippen molar-refractivity contribution in [3.05, 3.63) is 71.8 Å². The van der Waals surface area contributed by atoms with E-state index < -0.39 is 36.5 Å². The fourth-order valence-electron chi connectivity index (χ4n) is 2.92. The lowest BCUT2D eigenvalue weighted by Crippen LogP contribution is -2.48. The smallest absolute Gasteiger partial charge is 0.350 e. The summed E-state index contributed by atoms with van der Waals surface area (Å²) in [6.45, 7) is 0.321. The van der Waals surface area contributed by atoms with Crippen molar-refractivity contribution in [2.45, 2.75) is 31.0 Å². The van der Waals surface area contributed by atoms with Crippen molar-refractivity contribution < 1.29 is 33.6 Å². The number of aliphatic hydroxyl groups excluding tert-OH is 1. The molecular formula is C21H22O7. The van der Waals surface area contributed by atoms with E-state index in [-0.39, 0.29) is 5.56 Å². The largest absolute Gasteiger partial charge is 0.466 e. The van der Waals surface area contributed by atoms with E-state index >= 15 is 0 Å². The van der Waals surface area contributed by atoms with Crippen molar-refractivity contribution in [2.75, 3.05) is 13.7 Å². The second-order valence-corrected chi connectivity index (χ2v) is 6.28. The van der Waals surface area contributed by atoms with Crippen LogP contribution in [-0.4, -0.2) is 49.1 Å². The van der Waals surface area contributed by atoms with Gasteiger partial charge in [-0.15, -0.1) is 0 Å². The Morgan fingerprint density at radius 3 is 2.36 bits per heavy atom. The molecule has 0 unspecified atom stereocenters. The van der Waals surface area contributed by atoms with Gasteiger partial charge in [-0.05, 0) is 18.6 Å². The molecule has 0 aromatic heterocycles. The topological polar surface area (TPSA) is 91.3 Å². The number of carbonyl (C=O) groups is 2. The third-order valence-electron chi connectivity index (χ3n) is 4.41. The lowest BCUT2D eigenvalue weighted by molar-refractivity contribution is -0.247. The lowest BCUT2D eigenvalue weighted by atomic mass is 10.0. The monoisotopic (exact) mass is 386 g/mol. The van der Waals surface area contributed by atoms with Gasteiger partial charge in [-0.25, -0.2) is 9.59 Å². The van der Waals surface area contributed by atoms with Gasteiger partial charge in [-0.1, -0.05) is 48.5 Å². The van der Waals surface area contributed by atoms with Gasteiger partial charge >= 0.3 is 11.9 Å². The van der Waals surface area contributed by atoms with E-state index in [0.717, 1.165) is 12.7 Å². The molecular weight excluding hydrogens is 364 g/mol. The third kappa shape index (κ3) is 4.75. The molecule has 1 aliphatic heterocycles. The van der Waals surface area contributed by atoms with Crippen molar-refractivity contribution in [3.8, 4) is 0 Å². The molecule has 0 aliphatic carbocycles. The van der Waals surface area contributed by atoms with E-state index in [1.54, 1.807) is 30.3 Å². The molecule has 0 spiro atoms. The van der Waals surface area contributed by atoms with Gasteiger partial charge < -0.3 is 24.1 Å². The molecule has 2 aromatic rings. The van der Waals surface area contributed by atoms with E-state index in [9.17, 15) is 14.7 Å². The first-order chi connectivity index (χ1) is 13.6. The molecule has 1 fully saturated rings. The minimum Gasteiger partial charge on any atom is -0.466 e. The Balaban J connectivity index is 1.72. The fourth-order valence-corrected chi connectivity index (χ4v) is 2.92. The minimum atomic E-state index is -1.52. The molecule has 2 aromatic carbocycles. The van der Waals surface area contributed by atoms with Crippen LogP contribution in [0.2, 0.25) is 0 Å². The summed E-state index contributed by atoms with van der Waals surface area (Å²) in [7, 11) is 1.16. The minimum absolute atomic E-state index is 0.263. The summed E-state index contributed by atoms with van der Waals surface area (Å²) in [6, 6.07) is 17.5. The van der Waals surface area contributed by atoms with Crippen LogP contribution in [0.15, 0.2) is 60.7 Å². The molecule has 0 bridgehead atoms. The quantitative estimate of drug-likeness (QED) is 0.762. The maximum absolute atomic E-state index is 12.3. The normalized spacial score (nSPS) is 21.4. The number of ether oxygens (including phenoxy) is 4. The average molecular weight is 386 g/mol. The van der Waals surface area contributed by atoms with Crippen LogP contribution >= 0.6 is 0 Å². The highest BCUT2D eigenvalue weighted by molar-refractivity contribution is 5.91. The lowest BCUT2D eigenvalue weighted by Gasteiger charge is -2.35. The second kappa shape index (κ2) is 9.45. The molecule has 148 valence electrons. The Morgan fingerprint density at radius 1 is 1.07 bits per heavy atom. The Morgan fingerprint density at radius 2 is 1.71 bits per heavy atom. The zero-order valence-electron chi connectivity index (χ0n) is 15.4. The number of hydrogen-bond donors (Lipinski definition) is 1. The van der Waals surface area contributed by atoms with Gasteiger partial charge in [0, 0.05) is 5.56 Å². The van der Waals surface area contributed by atoms with Crippen LogP contribution in [-0.2, 0) is 23.7 Å². The molecule has 7 nitrogen and oxygen atoms in total. The molecule has 28 heavy (non-hydrogen) atoms. The van der Waals surface area contributed by atoms with Crippen LogP contribution < -0.4 is 0 Å². The Bertz CT molecular complexity index is 778. The maximum Gasteiger partial charge on any atom is 0.350 e. The molecule has 0 saturated carbocycles. The Hall–Kier alpha value is -2.74. The number of benzene rings is 2. The Kier molecular flexibility index (Phi) is 6.76. The third-order valence-corrected chi connectivity index (χ3v) is 4.41. The van der Waals surface area contributed by atoms with Gasteiger partial charge in [0.25, 0.3) is 0 Å². The molecule has 7 heteroatoms. The van der Waals surface area contributed by atoms with E-state index in [1.807, 2.05) is 30.3 Å². The summed E-state index contributed by atoms with van der Waals surface area (Å²) in [5.41, 5.74) is 1.05. The summed E-state index contributed by atoms with van der Waals surface area (Å²) in [6.07, 6.45) is -4.04. The molecule has 1 N–H and O–H groups in total. The van der Waals surface area contributed by atoms with Gasteiger partial charge in [0.2, 0.25) is 6.10 Å². The van der Waals surface area contributed by atoms with Crippen LogP contribution in [0.5, 0.6) is 0 Å². The molecule has 4 atom stereocenters. The van der Waals surface area contributed by atoms with E-state index in [4.69, 9.17) is 18.9 Å². The summed E-state index contributed by atoms with van der Waals surface area (Å²) in [4.78, 5) is 24.5. The zero-order chi connectivity index (χ0) is 19.9. The molecule has 3 rings (SSSR count). The molecule has 0 radical (unpaired) electrons. The maximum atomic E-state index is 12.3. The number of esters is 2. The number of rotatable bonds is 6. The first-order valence-electron chi connectivity index (χ1n) is 8.94. The SMILES string of the molecule is COC(=O)[C@H](OC(=O)c1ccccc1)[C@@H](O)[C@H]1CCO[C@@H](c2ccccc2)O1. The molecule has 1 aliphatic rings. The summed E-state index contributed by atoms with van der Waals surface area (Å²) < 4.78 is 21.4. The van der Waals surface area contributed by atoms with Crippen molar-refractivity contribution in [1.29, 1.82) is 0 Å². The van der Waals surface area contributed by atoms with Crippen LogP contribution in [0.25, 0.3) is 0 Å². The zero-order valence-corrected chi connectivity index (χ0v) is 15.4. The first kappa shape index (κ1) is 20.0. The van der Waals surface area contributed by atoms with E-state index in [0.29, 0.717) is 13.0 Å². The predicted octanol–water partition coefficient (Wildman–Crippen LogP) is 2.25. The van der Waals surface area contributed by atoms with Crippen molar-refractivity contribution in [2.24, 2.45) is 0 Å². The van der Waals surface area contributed by atoms with E-state index in [2.05, 4.69) is 0 Å². The molecule has 1 saturated heterocycles. The van der Waals surface area contributed by atoms with Crippen LogP contribution in [0.1, 0.15) is 28.6 Å². The van der Waals surface area contributed by atoms with Crippen molar-refractivity contribution >= 4 is 11.9 Å².